The number of amides is 1. The number of alkyl halides is 3. The van der Waals surface area contributed by atoms with Gasteiger partial charge in [0.15, 0.2) is 0 Å². The Kier molecular flexibility index (Phi) is 6.81. The Labute approximate surface area is 184 Å². The number of rotatable bonds is 8. The Hall–Kier alpha value is -3.03. The van der Waals surface area contributed by atoms with Crippen LogP contribution < -0.4 is 4.74 Å². The molecule has 0 heterocycles. The van der Waals surface area contributed by atoms with Gasteiger partial charge in [-0.05, 0) is 67.6 Å². The standard InChI is InChI=1S/C24H26F3NO4/c1-4-28(22(29)15-5-6-15)13-17-11-18(24(25,26)27)8-9-19(17)20-12-16(14(2)23(30)31)7-10-21(20)32-3/h7-12,14-15H,4-6,13H2,1-3H3,(H,30,31). The van der Waals surface area contributed by atoms with Gasteiger partial charge in [-0.1, -0.05) is 12.1 Å². The smallest absolute Gasteiger partial charge is 0.416 e. The van der Waals surface area contributed by atoms with Gasteiger partial charge in [0.1, 0.15) is 5.75 Å². The van der Waals surface area contributed by atoms with Gasteiger partial charge < -0.3 is 14.7 Å². The summed E-state index contributed by atoms with van der Waals surface area (Å²) in [6.45, 7) is 3.73. The Bertz CT molecular complexity index is 1010. The second kappa shape index (κ2) is 9.22. The molecular weight excluding hydrogens is 423 g/mol. The topological polar surface area (TPSA) is 66.8 Å². The molecule has 1 aliphatic carbocycles. The molecule has 1 saturated carbocycles. The Morgan fingerprint density at radius 2 is 1.84 bits per heavy atom. The first-order valence-electron chi connectivity index (χ1n) is 10.5. The number of ether oxygens (including phenoxy) is 1. The quantitative estimate of drug-likeness (QED) is 0.592. The molecular formula is C24H26F3NO4. The second-order valence-corrected chi connectivity index (χ2v) is 8.02. The predicted molar refractivity (Wildman–Crippen MR) is 113 cm³/mol. The number of carboxylic acid groups (broad SMARTS) is 1. The van der Waals surface area contributed by atoms with Crippen molar-refractivity contribution in [3.05, 3.63) is 53.1 Å². The number of benzene rings is 2. The van der Waals surface area contributed by atoms with Crippen LogP contribution in [-0.4, -0.2) is 35.5 Å². The van der Waals surface area contributed by atoms with Gasteiger partial charge in [0.25, 0.3) is 0 Å². The highest BCUT2D eigenvalue weighted by Gasteiger charge is 2.34. The Morgan fingerprint density at radius 3 is 2.38 bits per heavy atom. The molecule has 1 amide bonds. The van der Waals surface area contributed by atoms with E-state index in [2.05, 4.69) is 0 Å². The largest absolute Gasteiger partial charge is 0.496 e. The van der Waals surface area contributed by atoms with Crippen molar-refractivity contribution < 1.29 is 32.6 Å². The number of methoxy groups -OCH3 is 1. The molecule has 1 unspecified atom stereocenters. The van der Waals surface area contributed by atoms with E-state index >= 15 is 0 Å². The lowest BCUT2D eigenvalue weighted by Crippen LogP contribution is -2.31. The van der Waals surface area contributed by atoms with Crippen molar-refractivity contribution in [2.24, 2.45) is 5.92 Å². The van der Waals surface area contributed by atoms with E-state index in [1.165, 1.54) is 20.1 Å². The van der Waals surface area contributed by atoms with Crippen LogP contribution in [-0.2, 0) is 22.3 Å². The molecule has 0 spiro atoms. The number of carbonyl (C=O) groups excluding carboxylic acids is 1. The van der Waals surface area contributed by atoms with Gasteiger partial charge in [0, 0.05) is 24.6 Å². The number of carboxylic acids is 1. The lowest BCUT2D eigenvalue weighted by atomic mass is 9.92. The highest BCUT2D eigenvalue weighted by atomic mass is 19.4. The van der Waals surface area contributed by atoms with Crippen molar-refractivity contribution in [1.82, 2.24) is 4.90 Å². The molecule has 32 heavy (non-hydrogen) atoms. The highest BCUT2D eigenvalue weighted by Crippen LogP contribution is 2.39. The Balaban J connectivity index is 2.13. The maximum absolute atomic E-state index is 13.5. The number of aliphatic carboxylic acids is 1. The molecule has 172 valence electrons. The summed E-state index contributed by atoms with van der Waals surface area (Å²) in [7, 11) is 1.44. The minimum atomic E-state index is -4.53. The monoisotopic (exact) mass is 449 g/mol. The minimum Gasteiger partial charge on any atom is -0.496 e. The first-order chi connectivity index (χ1) is 15.1. The average molecular weight is 449 g/mol. The van der Waals surface area contributed by atoms with E-state index in [1.807, 2.05) is 0 Å². The van der Waals surface area contributed by atoms with E-state index in [0.29, 0.717) is 34.5 Å². The molecule has 8 heteroatoms. The molecule has 1 aliphatic rings. The van der Waals surface area contributed by atoms with Crippen molar-refractivity contribution in [2.75, 3.05) is 13.7 Å². The maximum Gasteiger partial charge on any atom is 0.416 e. The number of halogens is 3. The lowest BCUT2D eigenvalue weighted by molar-refractivity contribution is -0.139. The summed E-state index contributed by atoms with van der Waals surface area (Å²) < 4.78 is 45.8. The third-order valence-corrected chi connectivity index (χ3v) is 5.80. The third-order valence-electron chi connectivity index (χ3n) is 5.80. The second-order valence-electron chi connectivity index (χ2n) is 8.02. The Morgan fingerprint density at radius 1 is 1.16 bits per heavy atom. The summed E-state index contributed by atoms with van der Waals surface area (Å²) in [6.07, 6.45) is -2.93. The van der Waals surface area contributed by atoms with Crippen molar-refractivity contribution in [1.29, 1.82) is 0 Å². The number of nitrogens with zero attached hydrogens (tertiary/aromatic N) is 1. The SMILES string of the molecule is CCN(Cc1cc(C(F)(F)F)ccc1-c1cc(C(C)C(=O)O)ccc1OC)C(=O)C1CC1. The zero-order valence-electron chi connectivity index (χ0n) is 18.2. The molecule has 1 fully saturated rings. The van der Waals surface area contributed by atoms with Crippen LogP contribution in [0.2, 0.25) is 0 Å². The zero-order valence-corrected chi connectivity index (χ0v) is 18.2. The molecule has 0 radical (unpaired) electrons. The van der Waals surface area contributed by atoms with Crippen LogP contribution in [0.5, 0.6) is 5.75 Å². The van der Waals surface area contributed by atoms with Crippen LogP contribution in [0.4, 0.5) is 13.2 Å². The van der Waals surface area contributed by atoms with Gasteiger partial charge in [-0.15, -0.1) is 0 Å². The van der Waals surface area contributed by atoms with E-state index in [4.69, 9.17) is 4.74 Å². The molecule has 0 aliphatic heterocycles. The van der Waals surface area contributed by atoms with Gasteiger partial charge in [-0.2, -0.15) is 13.2 Å². The highest BCUT2D eigenvalue weighted by molar-refractivity contribution is 5.82. The molecule has 1 N–H and O–H groups in total. The van der Waals surface area contributed by atoms with Gasteiger partial charge in [0.05, 0.1) is 18.6 Å². The van der Waals surface area contributed by atoms with E-state index in [1.54, 1.807) is 30.0 Å². The summed E-state index contributed by atoms with van der Waals surface area (Å²) in [5.41, 5.74) is 0.975. The summed E-state index contributed by atoms with van der Waals surface area (Å²) in [5.74, 6) is -1.53. The van der Waals surface area contributed by atoms with Crippen LogP contribution in [0.15, 0.2) is 36.4 Å². The lowest BCUT2D eigenvalue weighted by Gasteiger charge is -2.24. The van der Waals surface area contributed by atoms with Crippen molar-refractivity contribution >= 4 is 11.9 Å². The minimum absolute atomic E-state index is 0.0208. The molecule has 3 rings (SSSR count). The molecule has 1 atom stereocenters. The van der Waals surface area contributed by atoms with Crippen molar-refractivity contribution in [3.63, 3.8) is 0 Å². The normalized spacial score (nSPS) is 14.7. The first-order valence-corrected chi connectivity index (χ1v) is 10.5. The van der Waals surface area contributed by atoms with Gasteiger partial charge >= 0.3 is 12.1 Å². The van der Waals surface area contributed by atoms with Gasteiger partial charge in [-0.25, -0.2) is 0 Å². The van der Waals surface area contributed by atoms with Crippen molar-refractivity contribution in [3.8, 4) is 16.9 Å². The average Bonchev–Trinajstić information content (AvgIpc) is 3.60. The van der Waals surface area contributed by atoms with Crippen LogP contribution in [0.1, 0.15) is 49.3 Å². The zero-order chi connectivity index (χ0) is 23.6. The summed E-state index contributed by atoms with van der Waals surface area (Å²) >= 11 is 0. The molecule has 2 aromatic carbocycles. The molecule has 0 bridgehead atoms. The van der Waals surface area contributed by atoms with Gasteiger partial charge in [-0.3, -0.25) is 9.59 Å². The van der Waals surface area contributed by atoms with Crippen LogP contribution >= 0.6 is 0 Å². The van der Waals surface area contributed by atoms with E-state index in [9.17, 15) is 27.9 Å². The van der Waals surface area contributed by atoms with Crippen LogP contribution in [0.25, 0.3) is 11.1 Å². The third kappa shape index (κ3) is 5.06. The molecule has 2 aromatic rings. The molecule has 0 saturated heterocycles. The fraction of sp³-hybridized carbons (Fsp3) is 0.417. The van der Waals surface area contributed by atoms with Gasteiger partial charge in [0.2, 0.25) is 5.91 Å². The predicted octanol–water partition coefficient (Wildman–Crippen LogP) is 5.33. The fourth-order valence-corrected chi connectivity index (χ4v) is 3.65. The van der Waals surface area contributed by atoms with Crippen LogP contribution in [0, 0.1) is 5.92 Å². The fourth-order valence-electron chi connectivity index (χ4n) is 3.65. The number of carbonyl (C=O) groups is 2. The van der Waals surface area contributed by atoms with Crippen molar-refractivity contribution in [2.45, 2.75) is 45.3 Å². The molecule has 5 nitrogen and oxygen atoms in total. The first kappa shape index (κ1) is 23.6. The summed E-state index contributed by atoms with van der Waals surface area (Å²) in [4.78, 5) is 25.6. The maximum atomic E-state index is 13.5. The molecule has 0 aromatic heterocycles. The van der Waals surface area contributed by atoms with E-state index in [-0.39, 0.29) is 18.4 Å². The summed E-state index contributed by atoms with van der Waals surface area (Å²) in [5, 5.41) is 9.37. The number of hydrogen-bond acceptors (Lipinski definition) is 3. The van der Waals surface area contributed by atoms with Crippen LogP contribution in [0.3, 0.4) is 0 Å². The summed E-state index contributed by atoms with van der Waals surface area (Å²) in [6, 6.07) is 8.27. The van der Waals surface area contributed by atoms with E-state index in [0.717, 1.165) is 25.0 Å². The number of hydrogen-bond donors (Lipinski definition) is 1. The van der Waals surface area contributed by atoms with E-state index < -0.39 is 23.6 Å².